The van der Waals surface area contributed by atoms with Crippen molar-refractivity contribution in [1.29, 1.82) is 0 Å². The van der Waals surface area contributed by atoms with Crippen LogP contribution in [0.25, 0.3) is 0 Å². The number of benzene rings is 1. The van der Waals surface area contributed by atoms with E-state index in [1.165, 1.54) is 17.7 Å². The molecule has 3 rings (SSSR count). The second-order valence-electron chi connectivity index (χ2n) is 7.71. The maximum absolute atomic E-state index is 13.2. The molecule has 0 bridgehead atoms. The summed E-state index contributed by atoms with van der Waals surface area (Å²) in [7, 11) is 0. The maximum Gasteiger partial charge on any atom is 0.224 e. The Morgan fingerprint density at radius 1 is 1.19 bits per heavy atom. The van der Waals surface area contributed by atoms with Crippen molar-refractivity contribution in [3.05, 3.63) is 65.2 Å². The number of aryl methyl sites for hydroxylation is 1. The number of amides is 1. The van der Waals surface area contributed by atoms with Crippen LogP contribution in [0.1, 0.15) is 37.1 Å². The second kappa shape index (κ2) is 8.61. The molecule has 1 aromatic carbocycles. The van der Waals surface area contributed by atoms with Crippen molar-refractivity contribution >= 4 is 5.91 Å². The number of carbonyl (C=O) groups is 1. The number of aromatic nitrogens is 1. The average Bonchev–Trinajstić information content (AvgIpc) is 2.79. The number of rotatable bonds is 5. The molecule has 4 nitrogen and oxygen atoms in total. The molecule has 0 unspecified atom stereocenters. The highest BCUT2D eigenvalue weighted by Gasteiger charge is 2.31. The highest BCUT2D eigenvalue weighted by molar-refractivity contribution is 5.77. The molecule has 1 saturated heterocycles. The number of nitrogens with zero attached hydrogens (tertiary/aromatic N) is 3. The first-order valence-electron chi connectivity index (χ1n) is 9.61. The third-order valence-corrected chi connectivity index (χ3v) is 5.33. The van der Waals surface area contributed by atoms with E-state index in [1.54, 1.807) is 12.1 Å². The van der Waals surface area contributed by atoms with Gasteiger partial charge in [0.2, 0.25) is 5.91 Å². The molecule has 0 aliphatic carbocycles. The maximum atomic E-state index is 13.2. The molecule has 2 heterocycles. The number of carbonyl (C=O) groups excluding carboxylic acids is 1. The summed E-state index contributed by atoms with van der Waals surface area (Å²) in [6, 6.07) is 10.6. The molecule has 0 N–H and O–H groups in total. The summed E-state index contributed by atoms with van der Waals surface area (Å²) < 4.78 is 13.2. The summed E-state index contributed by atoms with van der Waals surface area (Å²) in [5.41, 5.74) is 3.21. The molecule has 1 aliphatic heterocycles. The minimum absolute atomic E-state index is 0.120. The predicted octanol–water partition coefficient (Wildman–Crippen LogP) is 3.79. The van der Waals surface area contributed by atoms with Crippen LogP contribution in [0.4, 0.5) is 4.39 Å². The fourth-order valence-corrected chi connectivity index (χ4v) is 3.64. The zero-order chi connectivity index (χ0) is 19.4. The van der Waals surface area contributed by atoms with Gasteiger partial charge in [-0.25, -0.2) is 4.39 Å². The smallest absolute Gasteiger partial charge is 0.224 e. The lowest BCUT2D eigenvalue weighted by atomic mass is 10.0. The zero-order valence-electron chi connectivity index (χ0n) is 16.4. The summed E-state index contributed by atoms with van der Waals surface area (Å²) in [6.45, 7) is 9.23. The summed E-state index contributed by atoms with van der Waals surface area (Å²) in [5.74, 6) is 0.247. The molecule has 0 saturated carbocycles. The Balaban J connectivity index is 1.78. The Bertz CT molecular complexity index is 775. The van der Waals surface area contributed by atoms with Gasteiger partial charge in [-0.3, -0.25) is 14.7 Å². The molecule has 27 heavy (non-hydrogen) atoms. The summed E-state index contributed by atoms with van der Waals surface area (Å²) in [5, 5.41) is 0. The third-order valence-electron chi connectivity index (χ3n) is 5.33. The van der Waals surface area contributed by atoms with E-state index in [9.17, 15) is 9.18 Å². The zero-order valence-corrected chi connectivity index (χ0v) is 16.4. The van der Waals surface area contributed by atoms with Crippen molar-refractivity contribution in [2.75, 3.05) is 13.1 Å². The van der Waals surface area contributed by atoms with Crippen LogP contribution >= 0.6 is 0 Å². The number of halogens is 1. The van der Waals surface area contributed by atoms with Gasteiger partial charge in [-0.15, -0.1) is 0 Å². The summed E-state index contributed by atoms with van der Waals surface area (Å²) >= 11 is 0. The van der Waals surface area contributed by atoms with Gasteiger partial charge in [0.25, 0.3) is 0 Å². The van der Waals surface area contributed by atoms with E-state index in [0.29, 0.717) is 18.9 Å². The SMILES string of the molecule is Cc1cccnc1CN1CCC(=O)N(Cc2ccc(F)cc2)[C@@H](C(C)C)C1. The van der Waals surface area contributed by atoms with Crippen molar-refractivity contribution in [2.45, 2.75) is 46.3 Å². The van der Waals surface area contributed by atoms with Crippen LogP contribution in [0, 0.1) is 18.7 Å². The molecule has 2 aromatic rings. The molecular weight excluding hydrogens is 341 g/mol. The lowest BCUT2D eigenvalue weighted by Crippen LogP contribution is -2.45. The van der Waals surface area contributed by atoms with Crippen molar-refractivity contribution < 1.29 is 9.18 Å². The van der Waals surface area contributed by atoms with Gasteiger partial charge < -0.3 is 4.90 Å². The highest BCUT2D eigenvalue weighted by Crippen LogP contribution is 2.22. The molecule has 5 heteroatoms. The second-order valence-corrected chi connectivity index (χ2v) is 7.71. The Labute approximate surface area is 161 Å². The average molecular weight is 369 g/mol. The Morgan fingerprint density at radius 2 is 1.93 bits per heavy atom. The van der Waals surface area contributed by atoms with Crippen LogP contribution in [0.2, 0.25) is 0 Å². The predicted molar refractivity (Wildman–Crippen MR) is 104 cm³/mol. The topological polar surface area (TPSA) is 36.4 Å². The van der Waals surface area contributed by atoms with E-state index in [4.69, 9.17) is 0 Å². The fourth-order valence-electron chi connectivity index (χ4n) is 3.64. The van der Waals surface area contributed by atoms with Crippen LogP contribution in [-0.2, 0) is 17.9 Å². The molecule has 0 spiro atoms. The number of hydrogen-bond acceptors (Lipinski definition) is 3. The number of hydrogen-bond donors (Lipinski definition) is 0. The quantitative estimate of drug-likeness (QED) is 0.805. The fraction of sp³-hybridized carbons (Fsp3) is 0.455. The van der Waals surface area contributed by atoms with E-state index < -0.39 is 0 Å². The van der Waals surface area contributed by atoms with Gasteiger partial charge in [-0.05, 0) is 42.2 Å². The normalized spacial score (nSPS) is 18.8. The van der Waals surface area contributed by atoms with E-state index in [1.807, 2.05) is 17.2 Å². The Hall–Kier alpha value is -2.27. The molecule has 144 valence electrons. The first-order valence-corrected chi connectivity index (χ1v) is 9.61. The largest absolute Gasteiger partial charge is 0.334 e. The Kier molecular flexibility index (Phi) is 6.22. The van der Waals surface area contributed by atoms with Gasteiger partial charge in [0, 0.05) is 44.8 Å². The first-order chi connectivity index (χ1) is 12.9. The Morgan fingerprint density at radius 3 is 2.59 bits per heavy atom. The van der Waals surface area contributed by atoms with Crippen molar-refractivity contribution in [2.24, 2.45) is 5.92 Å². The van der Waals surface area contributed by atoms with Crippen molar-refractivity contribution in [1.82, 2.24) is 14.8 Å². The highest BCUT2D eigenvalue weighted by atomic mass is 19.1. The monoisotopic (exact) mass is 369 g/mol. The van der Waals surface area contributed by atoms with E-state index in [-0.39, 0.29) is 17.8 Å². The molecular formula is C22H28FN3O. The summed E-state index contributed by atoms with van der Waals surface area (Å²) in [6.07, 6.45) is 2.32. The molecule has 1 fully saturated rings. The molecule has 1 amide bonds. The van der Waals surface area contributed by atoms with E-state index >= 15 is 0 Å². The van der Waals surface area contributed by atoms with Gasteiger partial charge >= 0.3 is 0 Å². The lowest BCUT2D eigenvalue weighted by Gasteiger charge is -2.35. The third kappa shape index (κ3) is 4.92. The van der Waals surface area contributed by atoms with Crippen LogP contribution < -0.4 is 0 Å². The minimum atomic E-state index is -0.252. The van der Waals surface area contributed by atoms with Gasteiger partial charge in [-0.1, -0.05) is 32.0 Å². The van der Waals surface area contributed by atoms with E-state index in [2.05, 4.69) is 36.7 Å². The van der Waals surface area contributed by atoms with Crippen LogP contribution in [0.15, 0.2) is 42.6 Å². The van der Waals surface area contributed by atoms with Crippen molar-refractivity contribution in [3.63, 3.8) is 0 Å². The molecule has 0 radical (unpaired) electrons. The van der Waals surface area contributed by atoms with Crippen molar-refractivity contribution in [3.8, 4) is 0 Å². The lowest BCUT2D eigenvalue weighted by molar-refractivity contribution is -0.134. The van der Waals surface area contributed by atoms with Crippen LogP contribution in [0.5, 0.6) is 0 Å². The standard InChI is InChI=1S/C22H28FN3O/c1-16(2)21-15-25(14-20-17(3)5-4-11-24-20)12-10-22(27)26(21)13-18-6-8-19(23)9-7-18/h4-9,11,16,21H,10,12-15H2,1-3H3/t21-/m1/s1. The van der Waals surface area contributed by atoms with Gasteiger partial charge in [0.05, 0.1) is 5.69 Å². The molecule has 1 aromatic heterocycles. The van der Waals surface area contributed by atoms with Crippen LogP contribution in [-0.4, -0.2) is 39.8 Å². The van der Waals surface area contributed by atoms with E-state index in [0.717, 1.165) is 30.9 Å². The van der Waals surface area contributed by atoms with Gasteiger partial charge in [-0.2, -0.15) is 0 Å². The summed E-state index contributed by atoms with van der Waals surface area (Å²) in [4.78, 5) is 21.7. The number of pyridine rings is 1. The van der Waals surface area contributed by atoms with Gasteiger partial charge in [0.15, 0.2) is 0 Å². The molecule has 1 atom stereocenters. The van der Waals surface area contributed by atoms with Crippen LogP contribution in [0.3, 0.4) is 0 Å². The minimum Gasteiger partial charge on any atom is -0.334 e. The first kappa shape index (κ1) is 19.5. The molecule has 1 aliphatic rings. The van der Waals surface area contributed by atoms with Gasteiger partial charge in [0.1, 0.15) is 5.82 Å².